The molecule has 0 saturated heterocycles. The molecule has 0 saturated carbocycles. The smallest absolute Gasteiger partial charge is 0.325 e. The molecule has 138 valence electrons. The largest absolute Gasteiger partial charge is 0.465 e. The Labute approximate surface area is 155 Å². The molecule has 8 nitrogen and oxygen atoms in total. The van der Waals surface area contributed by atoms with Crippen molar-refractivity contribution in [3.05, 3.63) is 58.9 Å². The maximum absolute atomic E-state index is 12.5. The van der Waals surface area contributed by atoms with Crippen LogP contribution in [0.3, 0.4) is 0 Å². The lowest BCUT2D eigenvalue weighted by atomic mass is 10.0. The lowest BCUT2D eigenvalue weighted by molar-refractivity contribution is -0.141. The molecule has 0 atom stereocenters. The van der Waals surface area contributed by atoms with Crippen LogP contribution in [0.4, 0.5) is 5.69 Å². The average molecular weight is 365 g/mol. The predicted octanol–water partition coefficient (Wildman–Crippen LogP) is 1.34. The summed E-state index contributed by atoms with van der Waals surface area (Å²) in [5.74, 6) is -1.02. The van der Waals surface area contributed by atoms with Crippen molar-refractivity contribution in [3.8, 4) is 0 Å². The van der Waals surface area contributed by atoms with E-state index in [9.17, 15) is 9.59 Å². The molecule has 2 aromatic heterocycles. The van der Waals surface area contributed by atoms with E-state index in [4.69, 9.17) is 10.5 Å². The van der Waals surface area contributed by atoms with Crippen LogP contribution in [-0.4, -0.2) is 39.6 Å². The molecule has 0 fully saturated rings. The SMILES string of the molecule is CCOC(=O)CNC(=O)c1c(N)cc(CCC2=CC=C=C=C2)n2ncnc12. The Kier molecular flexibility index (Phi) is 5.52. The van der Waals surface area contributed by atoms with Crippen molar-refractivity contribution >= 4 is 23.2 Å². The highest BCUT2D eigenvalue weighted by atomic mass is 16.5. The van der Waals surface area contributed by atoms with Crippen LogP contribution in [0.2, 0.25) is 0 Å². The Hall–Kier alpha value is -3.60. The molecule has 27 heavy (non-hydrogen) atoms. The zero-order chi connectivity index (χ0) is 19.2. The number of nitrogens with two attached hydrogens (primary N) is 1. The van der Waals surface area contributed by atoms with E-state index < -0.39 is 11.9 Å². The molecule has 8 heteroatoms. The second-order valence-electron chi connectivity index (χ2n) is 5.79. The van der Waals surface area contributed by atoms with Gasteiger partial charge < -0.3 is 15.8 Å². The zero-order valence-electron chi connectivity index (χ0n) is 14.9. The van der Waals surface area contributed by atoms with E-state index in [0.29, 0.717) is 12.1 Å². The summed E-state index contributed by atoms with van der Waals surface area (Å²) in [7, 11) is 0. The van der Waals surface area contributed by atoms with E-state index in [2.05, 4.69) is 26.9 Å². The summed E-state index contributed by atoms with van der Waals surface area (Å²) in [6.45, 7) is 1.70. The molecule has 0 unspecified atom stereocenters. The van der Waals surface area contributed by atoms with Gasteiger partial charge in [-0.3, -0.25) is 9.59 Å². The third-order valence-electron chi connectivity index (χ3n) is 3.97. The van der Waals surface area contributed by atoms with Gasteiger partial charge in [-0.1, -0.05) is 11.5 Å². The van der Waals surface area contributed by atoms with Gasteiger partial charge >= 0.3 is 5.97 Å². The number of hydrogen-bond acceptors (Lipinski definition) is 6. The molecule has 1 aliphatic carbocycles. The molecule has 1 aliphatic rings. The number of nitrogen functional groups attached to an aromatic ring is 1. The molecule has 0 bridgehead atoms. The van der Waals surface area contributed by atoms with E-state index in [0.717, 1.165) is 17.7 Å². The standard InChI is InChI=1S/C19H19N5O3/c1-2-27-16(25)11-21-19(26)17-15(20)10-14(24-18(17)22-12-23-24)9-8-13-6-4-3-5-7-13/h4,6-7,10,12H,2,8-9,11,20H2,1H3,(H,21,26). The number of nitrogens with zero attached hydrogens (tertiary/aromatic N) is 3. The summed E-state index contributed by atoms with van der Waals surface area (Å²) in [6, 6.07) is 1.71. The average Bonchev–Trinajstić information content (AvgIpc) is 3.15. The number of amides is 1. The van der Waals surface area contributed by atoms with Gasteiger partial charge in [0.25, 0.3) is 5.91 Å². The lowest BCUT2D eigenvalue weighted by Gasteiger charge is -2.12. The predicted molar refractivity (Wildman–Crippen MR) is 98.9 cm³/mol. The van der Waals surface area contributed by atoms with Crippen LogP contribution in [0.25, 0.3) is 5.65 Å². The number of allylic oxidation sites excluding steroid dienone is 4. The topological polar surface area (TPSA) is 112 Å². The van der Waals surface area contributed by atoms with E-state index in [1.807, 2.05) is 18.2 Å². The first-order chi connectivity index (χ1) is 13.1. The van der Waals surface area contributed by atoms with Crippen LogP contribution in [0.5, 0.6) is 0 Å². The Morgan fingerprint density at radius 3 is 2.93 bits per heavy atom. The van der Waals surface area contributed by atoms with Crippen molar-refractivity contribution in [2.24, 2.45) is 0 Å². The van der Waals surface area contributed by atoms with Crippen molar-refractivity contribution < 1.29 is 14.3 Å². The summed E-state index contributed by atoms with van der Waals surface area (Å²) in [6.07, 6.45) is 8.44. The number of fused-ring (bicyclic) bond motifs is 1. The molecule has 2 aromatic rings. The van der Waals surface area contributed by atoms with Gasteiger partial charge in [0.1, 0.15) is 18.4 Å². The molecular formula is C19H19N5O3. The molecule has 3 N–H and O–H groups in total. The fraction of sp³-hybridized carbons (Fsp3) is 0.263. The number of esters is 1. The van der Waals surface area contributed by atoms with Gasteiger partial charge in [0, 0.05) is 5.69 Å². The van der Waals surface area contributed by atoms with Crippen molar-refractivity contribution in [1.82, 2.24) is 19.9 Å². The number of pyridine rings is 1. The first-order valence-electron chi connectivity index (χ1n) is 8.51. The highest BCUT2D eigenvalue weighted by Crippen LogP contribution is 2.21. The van der Waals surface area contributed by atoms with E-state index in [1.165, 1.54) is 6.33 Å². The third-order valence-corrected chi connectivity index (χ3v) is 3.97. The fourth-order valence-corrected chi connectivity index (χ4v) is 2.73. The van der Waals surface area contributed by atoms with Crippen LogP contribution in [0.15, 0.2) is 47.7 Å². The Bertz CT molecular complexity index is 1020. The van der Waals surface area contributed by atoms with Gasteiger partial charge in [0.2, 0.25) is 0 Å². The first kappa shape index (κ1) is 18.2. The minimum atomic E-state index is -0.518. The maximum atomic E-state index is 12.5. The van der Waals surface area contributed by atoms with Crippen molar-refractivity contribution in [1.29, 1.82) is 0 Å². The van der Waals surface area contributed by atoms with E-state index >= 15 is 0 Å². The number of rotatable bonds is 7. The number of aryl methyl sites for hydroxylation is 1. The minimum Gasteiger partial charge on any atom is -0.465 e. The second kappa shape index (κ2) is 8.19. The van der Waals surface area contributed by atoms with Crippen molar-refractivity contribution in [2.75, 3.05) is 18.9 Å². The molecule has 0 aliphatic heterocycles. The van der Waals surface area contributed by atoms with Crippen LogP contribution in [0, 0.1) is 0 Å². The Balaban J connectivity index is 1.81. The molecule has 0 spiro atoms. The van der Waals surface area contributed by atoms with Gasteiger partial charge in [-0.05, 0) is 49.6 Å². The first-order valence-corrected chi connectivity index (χ1v) is 8.51. The summed E-state index contributed by atoms with van der Waals surface area (Å²) in [5, 5.41) is 6.71. The number of anilines is 1. The normalized spacial score (nSPS) is 12.3. The number of nitrogens with one attached hydrogen (secondary N) is 1. The second-order valence-corrected chi connectivity index (χ2v) is 5.79. The van der Waals surface area contributed by atoms with Gasteiger partial charge in [-0.25, -0.2) is 9.50 Å². The molecule has 0 radical (unpaired) electrons. The maximum Gasteiger partial charge on any atom is 0.325 e. The van der Waals surface area contributed by atoms with Crippen LogP contribution in [0.1, 0.15) is 29.4 Å². The molecule has 3 rings (SSSR count). The van der Waals surface area contributed by atoms with Crippen molar-refractivity contribution in [3.63, 3.8) is 0 Å². The van der Waals surface area contributed by atoms with Crippen LogP contribution in [-0.2, 0) is 16.0 Å². The summed E-state index contributed by atoms with van der Waals surface area (Å²) in [5.41, 5.74) is 14.6. The highest BCUT2D eigenvalue weighted by Gasteiger charge is 2.19. The van der Waals surface area contributed by atoms with Crippen LogP contribution >= 0.6 is 0 Å². The summed E-state index contributed by atoms with van der Waals surface area (Å²) >= 11 is 0. The number of ether oxygens (including phenoxy) is 1. The molecule has 0 aromatic carbocycles. The number of aromatic nitrogens is 3. The highest BCUT2D eigenvalue weighted by molar-refractivity contribution is 6.05. The molecule has 1 amide bonds. The Morgan fingerprint density at radius 1 is 1.33 bits per heavy atom. The van der Waals surface area contributed by atoms with Gasteiger partial charge in [-0.2, -0.15) is 5.10 Å². The Morgan fingerprint density at radius 2 is 2.19 bits per heavy atom. The van der Waals surface area contributed by atoms with Gasteiger partial charge in [0.05, 0.1) is 12.3 Å². The number of hydrogen-bond donors (Lipinski definition) is 2. The summed E-state index contributed by atoms with van der Waals surface area (Å²) < 4.78 is 6.39. The molecular weight excluding hydrogens is 346 g/mol. The van der Waals surface area contributed by atoms with Gasteiger partial charge in [-0.15, -0.1) is 0 Å². The lowest BCUT2D eigenvalue weighted by Crippen LogP contribution is -2.31. The number of carbonyl (C=O) groups excluding carboxylic acids is 2. The van der Waals surface area contributed by atoms with Crippen LogP contribution < -0.4 is 11.1 Å². The monoisotopic (exact) mass is 365 g/mol. The number of carbonyl (C=O) groups is 2. The zero-order valence-corrected chi connectivity index (χ0v) is 14.9. The van der Waals surface area contributed by atoms with E-state index in [-0.39, 0.29) is 24.4 Å². The van der Waals surface area contributed by atoms with Crippen molar-refractivity contribution in [2.45, 2.75) is 19.8 Å². The molecule has 2 heterocycles. The van der Waals surface area contributed by atoms with E-state index in [1.54, 1.807) is 17.5 Å². The fourth-order valence-electron chi connectivity index (χ4n) is 2.73. The summed E-state index contributed by atoms with van der Waals surface area (Å²) in [4.78, 5) is 28.1. The third kappa shape index (κ3) is 4.15. The quantitative estimate of drug-likeness (QED) is 0.566. The minimum absolute atomic E-state index is 0.184. The van der Waals surface area contributed by atoms with Gasteiger partial charge in [0.15, 0.2) is 5.65 Å².